The normalized spacial score (nSPS) is 11.9. The molecule has 20 heavy (non-hydrogen) atoms. The lowest BCUT2D eigenvalue weighted by Gasteiger charge is -2.16. The fourth-order valence-electron chi connectivity index (χ4n) is 1.90. The minimum atomic E-state index is -0.226. The molecule has 0 heterocycles. The molecule has 5 heteroatoms. The van der Waals surface area contributed by atoms with Crippen LogP contribution in [0.4, 0.5) is 5.69 Å². The number of nitrogens with two attached hydrogens (primary N) is 1. The first kappa shape index (κ1) is 14.9. The van der Waals surface area contributed by atoms with Crippen LogP contribution in [0.3, 0.4) is 0 Å². The lowest BCUT2D eigenvalue weighted by atomic mass is 10.1. The molecule has 0 saturated carbocycles. The van der Waals surface area contributed by atoms with Gasteiger partial charge in [-0.2, -0.15) is 0 Å². The van der Waals surface area contributed by atoms with Gasteiger partial charge in [-0.05, 0) is 36.8 Å². The average Bonchev–Trinajstić information content (AvgIpc) is 2.41. The van der Waals surface area contributed by atoms with E-state index < -0.39 is 0 Å². The van der Waals surface area contributed by atoms with E-state index in [2.05, 4.69) is 21.2 Å². The van der Waals surface area contributed by atoms with Crippen LogP contribution in [0.25, 0.3) is 0 Å². The van der Waals surface area contributed by atoms with E-state index >= 15 is 0 Å². The van der Waals surface area contributed by atoms with Crippen molar-refractivity contribution in [3.8, 4) is 0 Å². The van der Waals surface area contributed by atoms with Crippen LogP contribution >= 0.6 is 27.5 Å². The van der Waals surface area contributed by atoms with Gasteiger partial charge < -0.3 is 11.1 Å². The Morgan fingerprint density at radius 1 is 1.30 bits per heavy atom. The molecule has 0 aromatic heterocycles. The first-order chi connectivity index (χ1) is 9.49. The number of amides is 1. The van der Waals surface area contributed by atoms with E-state index in [1.807, 2.05) is 25.1 Å². The smallest absolute Gasteiger partial charge is 0.253 e. The summed E-state index contributed by atoms with van der Waals surface area (Å²) in [6, 6.07) is 12.4. The van der Waals surface area contributed by atoms with Crippen molar-refractivity contribution < 1.29 is 4.79 Å². The van der Waals surface area contributed by atoms with E-state index in [-0.39, 0.29) is 11.9 Å². The molecule has 1 atom stereocenters. The Morgan fingerprint density at radius 2 is 2.00 bits per heavy atom. The number of halogens is 2. The van der Waals surface area contributed by atoms with Crippen LogP contribution in [0.1, 0.15) is 28.9 Å². The minimum Gasteiger partial charge on any atom is -0.398 e. The van der Waals surface area contributed by atoms with Crippen LogP contribution in [0, 0.1) is 0 Å². The SMILES string of the molecule is C[C@@H](NC(=O)c1cc(Br)ccc1N)c1ccccc1Cl. The quantitative estimate of drug-likeness (QED) is 0.813. The maximum absolute atomic E-state index is 12.3. The number of hydrogen-bond acceptors (Lipinski definition) is 2. The third-order valence-corrected chi connectivity index (χ3v) is 3.82. The summed E-state index contributed by atoms with van der Waals surface area (Å²) >= 11 is 9.45. The van der Waals surface area contributed by atoms with E-state index in [1.165, 1.54) is 0 Å². The Balaban J connectivity index is 2.20. The van der Waals surface area contributed by atoms with Crippen molar-refractivity contribution in [2.45, 2.75) is 13.0 Å². The molecule has 0 radical (unpaired) electrons. The summed E-state index contributed by atoms with van der Waals surface area (Å²) in [7, 11) is 0. The van der Waals surface area contributed by atoms with Crippen LogP contribution in [0.2, 0.25) is 5.02 Å². The third kappa shape index (κ3) is 3.32. The average molecular weight is 354 g/mol. The van der Waals surface area contributed by atoms with Gasteiger partial charge in [-0.1, -0.05) is 45.7 Å². The lowest BCUT2D eigenvalue weighted by molar-refractivity contribution is 0.0941. The highest BCUT2D eigenvalue weighted by Crippen LogP contribution is 2.24. The maximum Gasteiger partial charge on any atom is 0.253 e. The largest absolute Gasteiger partial charge is 0.398 e. The van der Waals surface area contributed by atoms with E-state index in [0.717, 1.165) is 10.0 Å². The molecule has 0 unspecified atom stereocenters. The van der Waals surface area contributed by atoms with Crippen molar-refractivity contribution >= 4 is 39.1 Å². The Kier molecular flexibility index (Phi) is 4.68. The highest BCUT2D eigenvalue weighted by atomic mass is 79.9. The van der Waals surface area contributed by atoms with Crippen LogP contribution in [-0.4, -0.2) is 5.91 Å². The van der Waals surface area contributed by atoms with Crippen LogP contribution in [0.5, 0.6) is 0 Å². The van der Waals surface area contributed by atoms with Gasteiger partial charge in [0.05, 0.1) is 11.6 Å². The molecule has 3 nitrogen and oxygen atoms in total. The molecule has 0 aliphatic carbocycles. The number of anilines is 1. The molecule has 3 N–H and O–H groups in total. The second kappa shape index (κ2) is 6.29. The molecule has 104 valence electrons. The predicted molar refractivity (Wildman–Crippen MR) is 85.9 cm³/mol. The molecule has 2 aromatic carbocycles. The van der Waals surface area contributed by atoms with Crippen molar-refractivity contribution in [3.05, 3.63) is 63.1 Å². The zero-order valence-corrected chi connectivity index (χ0v) is 13.2. The molecule has 2 rings (SSSR count). The highest BCUT2D eigenvalue weighted by molar-refractivity contribution is 9.10. The molecule has 0 aliphatic heterocycles. The number of hydrogen-bond donors (Lipinski definition) is 2. The summed E-state index contributed by atoms with van der Waals surface area (Å²) in [5, 5.41) is 3.52. The van der Waals surface area contributed by atoms with Gasteiger partial charge in [-0.25, -0.2) is 0 Å². The molecule has 0 spiro atoms. The molecule has 0 bridgehead atoms. The van der Waals surface area contributed by atoms with E-state index in [1.54, 1.807) is 24.3 Å². The Bertz CT molecular complexity index is 646. The zero-order valence-electron chi connectivity index (χ0n) is 10.9. The Labute approximate surface area is 131 Å². The summed E-state index contributed by atoms with van der Waals surface area (Å²) in [5.74, 6) is -0.226. The molecule has 0 saturated heterocycles. The van der Waals surface area contributed by atoms with Gasteiger partial charge >= 0.3 is 0 Å². The lowest BCUT2D eigenvalue weighted by Crippen LogP contribution is -2.27. The number of carbonyl (C=O) groups is 1. The van der Waals surface area contributed by atoms with Crippen LogP contribution in [-0.2, 0) is 0 Å². The number of nitrogen functional groups attached to an aromatic ring is 1. The second-order valence-electron chi connectivity index (χ2n) is 4.45. The van der Waals surface area contributed by atoms with Crippen molar-refractivity contribution in [3.63, 3.8) is 0 Å². The van der Waals surface area contributed by atoms with Crippen molar-refractivity contribution in [2.24, 2.45) is 0 Å². The Hall–Kier alpha value is -1.52. The minimum absolute atomic E-state index is 0.199. The van der Waals surface area contributed by atoms with E-state index in [9.17, 15) is 4.79 Å². The summed E-state index contributed by atoms with van der Waals surface area (Å²) < 4.78 is 0.808. The number of nitrogens with one attached hydrogen (secondary N) is 1. The zero-order chi connectivity index (χ0) is 14.7. The summed E-state index contributed by atoms with van der Waals surface area (Å²) in [6.45, 7) is 1.88. The first-order valence-electron chi connectivity index (χ1n) is 6.09. The molecule has 1 amide bonds. The first-order valence-corrected chi connectivity index (χ1v) is 7.26. The maximum atomic E-state index is 12.3. The van der Waals surface area contributed by atoms with Crippen molar-refractivity contribution in [1.82, 2.24) is 5.32 Å². The number of carbonyl (C=O) groups excluding carboxylic acids is 1. The molecular formula is C15H14BrClN2O. The Morgan fingerprint density at radius 3 is 2.70 bits per heavy atom. The van der Waals surface area contributed by atoms with Crippen molar-refractivity contribution in [2.75, 3.05) is 5.73 Å². The fourth-order valence-corrected chi connectivity index (χ4v) is 2.56. The van der Waals surface area contributed by atoms with Gasteiger partial charge in [0.15, 0.2) is 0 Å². The number of rotatable bonds is 3. The third-order valence-electron chi connectivity index (χ3n) is 2.98. The molecule has 2 aromatic rings. The van der Waals surface area contributed by atoms with Gasteiger partial charge in [-0.15, -0.1) is 0 Å². The summed E-state index contributed by atoms with van der Waals surface area (Å²) in [6.07, 6.45) is 0. The van der Waals surface area contributed by atoms with Gasteiger partial charge in [0.2, 0.25) is 0 Å². The van der Waals surface area contributed by atoms with Gasteiger partial charge in [0.1, 0.15) is 0 Å². The van der Waals surface area contributed by atoms with Crippen molar-refractivity contribution in [1.29, 1.82) is 0 Å². The van der Waals surface area contributed by atoms with Gasteiger partial charge in [0, 0.05) is 15.2 Å². The van der Waals surface area contributed by atoms with Crippen LogP contribution < -0.4 is 11.1 Å². The second-order valence-corrected chi connectivity index (χ2v) is 5.77. The highest BCUT2D eigenvalue weighted by Gasteiger charge is 2.15. The summed E-state index contributed by atoms with van der Waals surface area (Å²) in [4.78, 5) is 12.3. The number of benzene rings is 2. The van der Waals surface area contributed by atoms with E-state index in [0.29, 0.717) is 16.3 Å². The standard InChI is InChI=1S/C15H14BrClN2O/c1-9(11-4-2-3-5-13(11)17)19-15(20)12-8-10(16)6-7-14(12)18/h2-9H,18H2,1H3,(H,19,20)/t9-/m1/s1. The summed E-state index contributed by atoms with van der Waals surface area (Å²) in [5.41, 5.74) is 7.58. The topological polar surface area (TPSA) is 55.1 Å². The molecule has 0 aliphatic rings. The van der Waals surface area contributed by atoms with Crippen LogP contribution in [0.15, 0.2) is 46.9 Å². The van der Waals surface area contributed by atoms with Gasteiger partial charge in [0.25, 0.3) is 5.91 Å². The van der Waals surface area contributed by atoms with Gasteiger partial charge in [-0.3, -0.25) is 4.79 Å². The molecular weight excluding hydrogens is 340 g/mol. The fraction of sp³-hybridized carbons (Fsp3) is 0.133. The predicted octanol–water partition coefficient (Wildman–Crippen LogP) is 4.18. The monoisotopic (exact) mass is 352 g/mol. The van der Waals surface area contributed by atoms with E-state index in [4.69, 9.17) is 17.3 Å². The molecule has 0 fully saturated rings.